The summed E-state index contributed by atoms with van der Waals surface area (Å²) in [7, 11) is 0. The first-order valence-corrected chi connectivity index (χ1v) is 7.16. The number of nitrogens with zero attached hydrogens (tertiary/aromatic N) is 2. The van der Waals surface area contributed by atoms with Crippen molar-refractivity contribution in [2.75, 3.05) is 0 Å². The van der Waals surface area contributed by atoms with Crippen LogP contribution in [-0.4, -0.2) is 15.0 Å². The van der Waals surface area contributed by atoms with Gasteiger partial charge in [0.2, 0.25) is 0 Å². The normalized spacial score (nSPS) is 13.8. The summed E-state index contributed by atoms with van der Waals surface area (Å²) in [6.45, 7) is 8.71. The standard InChI is InChI=1S/C15H19BrN2/c1-10-11-7-5-6-8-12(11)13(18-17-10)9-14(16)15(2,3)4/h5-8,14H,9H2,1-4H3. The summed E-state index contributed by atoms with van der Waals surface area (Å²) >= 11 is 3.77. The molecule has 0 aliphatic rings. The Morgan fingerprint density at radius 2 is 1.72 bits per heavy atom. The zero-order valence-corrected chi connectivity index (χ0v) is 13.0. The lowest BCUT2D eigenvalue weighted by Crippen LogP contribution is -2.23. The average Bonchev–Trinajstić information content (AvgIpc) is 2.32. The highest BCUT2D eigenvalue weighted by Crippen LogP contribution is 2.30. The number of aromatic nitrogens is 2. The van der Waals surface area contributed by atoms with Crippen LogP contribution in [0.5, 0.6) is 0 Å². The Labute approximate surface area is 117 Å². The minimum absolute atomic E-state index is 0.216. The van der Waals surface area contributed by atoms with Crippen LogP contribution in [0.25, 0.3) is 10.8 Å². The van der Waals surface area contributed by atoms with Crippen molar-refractivity contribution in [1.82, 2.24) is 10.2 Å². The van der Waals surface area contributed by atoms with Crippen LogP contribution in [0.3, 0.4) is 0 Å². The molecule has 1 unspecified atom stereocenters. The molecule has 0 fully saturated rings. The zero-order valence-electron chi connectivity index (χ0n) is 11.4. The molecule has 1 aromatic carbocycles. The molecule has 96 valence electrons. The Kier molecular flexibility index (Phi) is 3.71. The van der Waals surface area contributed by atoms with Crippen molar-refractivity contribution >= 4 is 26.7 Å². The van der Waals surface area contributed by atoms with Crippen LogP contribution < -0.4 is 0 Å². The molecule has 18 heavy (non-hydrogen) atoms. The second kappa shape index (κ2) is 4.96. The molecule has 3 heteroatoms. The van der Waals surface area contributed by atoms with E-state index in [-0.39, 0.29) is 5.41 Å². The molecule has 0 saturated heterocycles. The Bertz CT molecular complexity index is 558. The molecule has 2 rings (SSSR count). The Morgan fingerprint density at radius 3 is 2.33 bits per heavy atom. The van der Waals surface area contributed by atoms with Crippen molar-refractivity contribution in [3.63, 3.8) is 0 Å². The molecule has 0 spiro atoms. The fourth-order valence-electron chi connectivity index (χ4n) is 1.92. The van der Waals surface area contributed by atoms with E-state index in [1.165, 1.54) is 10.8 Å². The van der Waals surface area contributed by atoms with Crippen molar-refractivity contribution in [1.29, 1.82) is 0 Å². The maximum atomic E-state index is 4.38. The van der Waals surface area contributed by atoms with E-state index in [2.05, 4.69) is 71.2 Å². The fraction of sp³-hybridized carbons (Fsp3) is 0.467. The first-order valence-electron chi connectivity index (χ1n) is 6.24. The minimum Gasteiger partial charge on any atom is -0.155 e. The number of halogens is 1. The van der Waals surface area contributed by atoms with Crippen LogP contribution in [0.4, 0.5) is 0 Å². The molecular weight excluding hydrogens is 288 g/mol. The van der Waals surface area contributed by atoms with Crippen molar-refractivity contribution in [2.24, 2.45) is 5.41 Å². The van der Waals surface area contributed by atoms with Crippen LogP contribution in [0.1, 0.15) is 32.2 Å². The zero-order chi connectivity index (χ0) is 13.3. The predicted octanol–water partition coefficient (Wildman–Crippen LogP) is 4.29. The van der Waals surface area contributed by atoms with Gasteiger partial charge < -0.3 is 0 Å². The molecule has 0 aliphatic carbocycles. The highest BCUT2D eigenvalue weighted by Gasteiger charge is 2.23. The topological polar surface area (TPSA) is 25.8 Å². The molecule has 1 heterocycles. The summed E-state index contributed by atoms with van der Waals surface area (Å²) in [6, 6.07) is 8.36. The highest BCUT2D eigenvalue weighted by atomic mass is 79.9. The summed E-state index contributed by atoms with van der Waals surface area (Å²) < 4.78 is 0. The van der Waals surface area contributed by atoms with E-state index in [1.807, 2.05) is 6.92 Å². The number of hydrogen-bond acceptors (Lipinski definition) is 2. The molecule has 0 N–H and O–H groups in total. The van der Waals surface area contributed by atoms with Crippen LogP contribution >= 0.6 is 15.9 Å². The third-order valence-corrected chi connectivity index (χ3v) is 4.96. The van der Waals surface area contributed by atoms with Gasteiger partial charge in [-0.25, -0.2) is 0 Å². The van der Waals surface area contributed by atoms with Gasteiger partial charge in [-0.3, -0.25) is 0 Å². The third-order valence-electron chi connectivity index (χ3n) is 3.26. The van der Waals surface area contributed by atoms with Gasteiger partial charge in [-0.1, -0.05) is 61.0 Å². The van der Waals surface area contributed by atoms with E-state index in [4.69, 9.17) is 0 Å². The van der Waals surface area contributed by atoms with Crippen molar-refractivity contribution in [3.8, 4) is 0 Å². The SMILES string of the molecule is Cc1nnc(CC(Br)C(C)(C)C)c2ccccc12. The van der Waals surface area contributed by atoms with Crippen LogP contribution in [-0.2, 0) is 6.42 Å². The van der Waals surface area contributed by atoms with Crippen molar-refractivity contribution < 1.29 is 0 Å². The largest absolute Gasteiger partial charge is 0.155 e. The maximum Gasteiger partial charge on any atom is 0.0720 e. The molecule has 1 atom stereocenters. The predicted molar refractivity (Wildman–Crippen MR) is 80.1 cm³/mol. The van der Waals surface area contributed by atoms with E-state index < -0.39 is 0 Å². The van der Waals surface area contributed by atoms with Crippen molar-refractivity contribution in [2.45, 2.75) is 38.9 Å². The molecule has 2 aromatic rings. The number of hydrogen-bond donors (Lipinski definition) is 0. The van der Waals surface area contributed by atoms with Gasteiger partial charge in [-0.15, -0.1) is 0 Å². The number of aryl methyl sites for hydroxylation is 1. The first kappa shape index (κ1) is 13.5. The molecule has 0 radical (unpaired) electrons. The lowest BCUT2D eigenvalue weighted by atomic mass is 9.89. The Morgan fingerprint density at radius 1 is 1.11 bits per heavy atom. The van der Waals surface area contributed by atoms with Gasteiger partial charge >= 0.3 is 0 Å². The minimum atomic E-state index is 0.216. The molecular formula is C15H19BrN2. The second-order valence-corrected chi connectivity index (χ2v) is 6.92. The monoisotopic (exact) mass is 306 g/mol. The summed E-state index contributed by atoms with van der Waals surface area (Å²) in [4.78, 5) is 0.394. The van der Waals surface area contributed by atoms with Gasteiger partial charge in [-0.2, -0.15) is 10.2 Å². The summed E-state index contributed by atoms with van der Waals surface area (Å²) in [5.41, 5.74) is 2.29. The second-order valence-electron chi connectivity index (χ2n) is 5.82. The first-order chi connectivity index (χ1) is 8.39. The van der Waals surface area contributed by atoms with E-state index in [1.54, 1.807) is 0 Å². The van der Waals surface area contributed by atoms with Gasteiger partial charge in [0, 0.05) is 22.0 Å². The van der Waals surface area contributed by atoms with Gasteiger partial charge in [0.1, 0.15) is 0 Å². The quantitative estimate of drug-likeness (QED) is 0.774. The molecule has 2 nitrogen and oxygen atoms in total. The van der Waals surface area contributed by atoms with Gasteiger partial charge in [0.15, 0.2) is 0 Å². The molecule has 0 aliphatic heterocycles. The number of alkyl halides is 1. The number of benzene rings is 1. The van der Waals surface area contributed by atoms with E-state index in [9.17, 15) is 0 Å². The van der Waals surface area contributed by atoms with Gasteiger partial charge in [-0.05, 0) is 12.3 Å². The summed E-state index contributed by atoms with van der Waals surface area (Å²) in [6.07, 6.45) is 0.900. The smallest absolute Gasteiger partial charge is 0.0720 e. The fourth-order valence-corrected chi connectivity index (χ4v) is 2.23. The van der Waals surface area contributed by atoms with E-state index in [0.29, 0.717) is 4.83 Å². The molecule has 0 amide bonds. The van der Waals surface area contributed by atoms with Gasteiger partial charge in [0.25, 0.3) is 0 Å². The molecule has 0 bridgehead atoms. The van der Waals surface area contributed by atoms with Crippen LogP contribution in [0.15, 0.2) is 24.3 Å². The Balaban J connectivity index is 2.44. The lowest BCUT2D eigenvalue weighted by Gasteiger charge is -2.25. The average molecular weight is 307 g/mol. The Hall–Kier alpha value is -0.960. The van der Waals surface area contributed by atoms with Crippen LogP contribution in [0.2, 0.25) is 0 Å². The lowest BCUT2D eigenvalue weighted by molar-refractivity contribution is 0.396. The van der Waals surface area contributed by atoms with Crippen molar-refractivity contribution in [3.05, 3.63) is 35.7 Å². The van der Waals surface area contributed by atoms with E-state index >= 15 is 0 Å². The van der Waals surface area contributed by atoms with E-state index in [0.717, 1.165) is 17.8 Å². The van der Waals surface area contributed by atoms with Gasteiger partial charge in [0.05, 0.1) is 11.4 Å². The highest BCUT2D eigenvalue weighted by molar-refractivity contribution is 9.09. The third kappa shape index (κ3) is 2.72. The van der Waals surface area contributed by atoms with Crippen LogP contribution in [0, 0.1) is 12.3 Å². The molecule has 0 saturated carbocycles. The number of fused-ring (bicyclic) bond motifs is 1. The maximum absolute atomic E-state index is 4.38. The number of rotatable bonds is 2. The summed E-state index contributed by atoms with van der Waals surface area (Å²) in [5.74, 6) is 0. The molecule has 1 aromatic heterocycles. The summed E-state index contributed by atoms with van der Waals surface area (Å²) in [5, 5.41) is 11.1.